The van der Waals surface area contributed by atoms with Crippen LogP contribution < -0.4 is 5.32 Å². The van der Waals surface area contributed by atoms with Crippen LogP contribution in [0.5, 0.6) is 0 Å². The molecule has 2 aromatic carbocycles. The molecule has 26 heavy (non-hydrogen) atoms. The number of amides is 1. The van der Waals surface area contributed by atoms with Crippen molar-refractivity contribution in [2.45, 2.75) is 25.8 Å². The highest BCUT2D eigenvalue weighted by atomic mass is 16.2. The third kappa shape index (κ3) is 2.45. The van der Waals surface area contributed by atoms with Gasteiger partial charge in [-0.2, -0.15) is 0 Å². The highest BCUT2D eigenvalue weighted by molar-refractivity contribution is 5.98. The van der Waals surface area contributed by atoms with E-state index in [1.807, 2.05) is 50.2 Å². The first-order valence-electron chi connectivity index (χ1n) is 8.57. The number of guanidine groups is 1. The van der Waals surface area contributed by atoms with Gasteiger partial charge in [-0.15, -0.1) is 0 Å². The summed E-state index contributed by atoms with van der Waals surface area (Å²) in [6, 6.07) is 16.1. The molecule has 132 valence electrons. The number of nitrogens with one attached hydrogen (secondary N) is 2. The van der Waals surface area contributed by atoms with Crippen LogP contribution >= 0.6 is 0 Å². The molecule has 0 bridgehead atoms. The average molecular weight is 347 g/mol. The Morgan fingerprint density at radius 3 is 2.73 bits per heavy atom. The number of benzene rings is 2. The molecule has 1 fully saturated rings. The van der Waals surface area contributed by atoms with Gasteiger partial charge in [-0.25, -0.2) is 4.98 Å². The molecule has 4 rings (SSSR count). The van der Waals surface area contributed by atoms with E-state index in [4.69, 9.17) is 5.41 Å². The molecule has 1 aliphatic rings. The van der Waals surface area contributed by atoms with Gasteiger partial charge in [0.25, 0.3) is 0 Å². The number of aromatic nitrogens is 2. The van der Waals surface area contributed by atoms with Crippen molar-refractivity contribution < 1.29 is 4.79 Å². The molecule has 0 spiro atoms. The fourth-order valence-corrected chi connectivity index (χ4v) is 3.57. The summed E-state index contributed by atoms with van der Waals surface area (Å²) >= 11 is 0. The molecule has 0 aliphatic carbocycles. The third-order valence-corrected chi connectivity index (χ3v) is 5.08. The van der Waals surface area contributed by atoms with Crippen LogP contribution in [0.3, 0.4) is 0 Å². The Kier molecular flexibility index (Phi) is 3.57. The van der Waals surface area contributed by atoms with Crippen LogP contribution in [0.15, 0.2) is 48.5 Å². The van der Waals surface area contributed by atoms with Crippen molar-refractivity contribution in [2.24, 2.45) is 0 Å². The molecule has 6 heteroatoms. The maximum Gasteiger partial charge on any atom is 0.231 e. The topological polar surface area (TPSA) is 74.0 Å². The first kappa shape index (κ1) is 16.3. The Hall–Kier alpha value is -3.15. The molecule has 1 aliphatic heterocycles. The third-order valence-electron chi connectivity index (χ3n) is 5.08. The van der Waals surface area contributed by atoms with Crippen molar-refractivity contribution in [3.05, 3.63) is 59.9 Å². The highest BCUT2D eigenvalue weighted by Gasteiger charge is 2.38. The Bertz CT molecular complexity index is 1020. The zero-order chi connectivity index (χ0) is 18.5. The summed E-state index contributed by atoms with van der Waals surface area (Å²) in [5.41, 5.74) is 3.36. The predicted octanol–water partition coefficient (Wildman–Crippen LogP) is 2.94. The van der Waals surface area contributed by atoms with Crippen molar-refractivity contribution in [3.8, 4) is 5.69 Å². The summed E-state index contributed by atoms with van der Waals surface area (Å²) in [6.07, 6.45) is 0.305. The molecule has 2 heterocycles. The van der Waals surface area contributed by atoms with Crippen molar-refractivity contribution in [1.29, 1.82) is 5.41 Å². The van der Waals surface area contributed by atoms with Gasteiger partial charge in [0.2, 0.25) is 5.91 Å². The molecule has 3 aromatic rings. The number of aryl methyl sites for hydroxylation is 1. The van der Waals surface area contributed by atoms with Crippen molar-refractivity contribution in [1.82, 2.24) is 19.8 Å². The summed E-state index contributed by atoms with van der Waals surface area (Å²) in [5, 5.41) is 11.2. The number of hydrogen-bond acceptors (Lipinski definition) is 3. The summed E-state index contributed by atoms with van der Waals surface area (Å²) in [6.45, 7) is 3.95. The van der Waals surface area contributed by atoms with Crippen molar-refractivity contribution in [2.75, 3.05) is 7.05 Å². The van der Waals surface area contributed by atoms with Gasteiger partial charge < -0.3 is 5.32 Å². The van der Waals surface area contributed by atoms with Gasteiger partial charge >= 0.3 is 0 Å². The van der Waals surface area contributed by atoms with Crippen LogP contribution in [-0.2, 0) is 10.3 Å². The van der Waals surface area contributed by atoms with E-state index in [0.717, 1.165) is 28.1 Å². The molecule has 6 nitrogen and oxygen atoms in total. The van der Waals surface area contributed by atoms with Crippen molar-refractivity contribution >= 4 is 22.9 Å². The number of fused-ring (bicyclic) bond motifs is 1. The molecular weight excluding hydrogens is 326 g/mol. The first-order valence-corrected chi connectivity index (χ1v) is 8.57. The number of rotatable bonds is 2. The van der Waals surface area contributed by atoms with Crippen LogP contribution in [-0.4, -0.2) is 33.4 Å². The standard InChI is InChI=1S/C20H21N5O/c1-13-22-16-9-4-5-10-17(16)25(13)15-8-6-7-14(11-15)20(2)12-18(26)24(3)19(21)23-20/h4-11H,12H2,1-3H3,(H2,21,23)/t20-/m0/s1. The molecular formula is C20H21N5O. The molecule has 1 amide bonds. The fourth-order valence-electron chi connectivity index (χ4n) is 3.57. The zero-order valence-electron chi connectivity index (χ0n) is 15.1. The second-order valence-corrected chi connectivity index (χ2v) is 6.97. The number of carbonyl (C=O) groups is 1. The van der Waals surface area contributed by atoms with Gasteiger partial charge in [0.15, 0.2) is 5.96 Å². The normalized spacial score (nSPS) is 20.5. The van der Waals surface area contributed by atoms with Crippen molar-refractivity contribution in [3.63, 3.8) is 0 Å². The van der Waals surface area contributed by atoms with Crippen LogP contribution in [0.1, 0.15) is 24.7 Å². The second-order valence-electron chi connectivity index (χ2n) is 6.97. The number of para-hydroxylation sites is 2. The Balaban J connectivity index is 1.81. The van der Waals surface area contributed by atoms with Gasteiger partial charge in [-0.05, 0) is 43.7 Å². The molecule has 0 unspecified atom stereocenters. The lowest BCUT2D eigenvalue weighted by molar-refractivity contribution is -0.129. The highest BCUT2D eigenvalue weighted by Crippen LogP contribution is 2.31. The maximum absolute atomic E-state index is 12.3. The summed E-state index contributed by atoms with van der Waals surface area (Å²) in [4.78, 5) is 18.2. The Labute approximate surface area is 152 Å². The number of hydrogen-bond donors (Lipinski definition) is 2. The van der Waals surface area contributed by atoms with E-state index < -0.39 is 5.54 Å². The smallest absolute Gasteiger partial charge is 0.231 e. The predicted molar refractivity (Wildman–Crippen MR) is 101 cm³/mol. The van der Waals surface area contributed by atoms with E-state index >= 15 is 0 Å². The van der Waals surface area contributed by atoms with Crippen LogP contribution in [0.2, 0.25) is 0 Å². The lowest BCUT2D eigenvalue weighted by Gasteiger charge is -2.39. The second kappa shape index (κ2) is 5.69. The van der Waals surface area contributed by atoms with E-state index in [1.54, 1.807) is 7.05 Å². The molecule has 1 aromatic heterocycles. The molecule has 1 saturated heterocycles. The average Bonchev–Trinajstić information content (AvgIpc) is 2.95. The lowest BCUT2D eigenvalue weighted by atomic mass is 9.86. The van der Waals surface area contributed by atoms with Crippen LogP contribution in [0.25, 0.3) is 16.7 Å². The number of carbonyl (C=O) groups excluding carboxylic acids is 1. The monoisotopic (exact) mass is 347 g/mol. The Morgan fingerprint density at radius 2 is 1.96 bits per heavy atom. The van der Waals surface area contributed by atoms with Crippen LogP contribution in [0.4, 0.5) is 0 Å². The minimum Gasteiger partial charge on any atom is -0.346 e. The molecule has 0 saturated carbocycles. The quantitative estimate of drug-likeness (QED) is 0.748. The molecule has 0 radical (unpaired) electrons. The largest absolute Gasteiger partial charge is 0.346 e. The fraction of sp³-hybridized carbons (Fsp3) is 0.250. The molecule has 1 atom stereocenters. The van der Waals surface area contributed by atoms with Crippen LogP contribution in [0, 0.1) is 12.3 Å². The number of imidazole rings is 1. The van der Waals surface area contributed by atoms with Gasteiger partial charge in [-0.3, -0.25) is 19.7 Å². The van der Waals surface area contributed by atoms with Gasteiger partial charge in [0, 0.05) is 12.7 Å². The summed E-state index contributed by atoms with van der Waals surface area (Å²) < 4.78 is 2.12. The summed E-state index contributed by atoms with van der Waals surface area (Å²) in [5.74, 6) is 0.970. The van der Waals surface area contributed by atoms with E-state index in [2.05, 4.69) is 27.0 Å². The lowest BCUT2D eigenvalue weighted by Crippen LogP contribution is -2.58. The van der Waals surface area contributed by atoms with E-state index in [0.29, 0.717) is 6.42 Å². The zero-order valence-corrected chi connectivity index (χ0v) is 15.1. The van der Waals surface area contributed by atoms with E-state index in [9.17, 15) is 4.79 Å². The minimum absolute atomic E-state index is 0.0640. The van der Waals surface area contributed by atoms with Gasteiger partial charge in [0.1, 0.15) is 5.82 Å². The van der Waals surface area contributed by atoms with E-state index in [1.165, 1.54) is 4.90 Å². The van der Waals surface area contributed by atoms with Gasteiger partial charge in [0.05, 0.1) is 23.0 Å². The maximum atomic E-state index is 12.3. The van der Waals surface area contributed by atoms with E-state index in [-0.39, 0.29) is 11.9 Å². The minimum atomic E-state index is -0.610. The van der Waals surface area contributed by atoms with Gasteiger partial charge in [-0.1, -0.05) is 24.3 Å². The molecule has 2 N–H and O–H groups in total. The Morgan fingerprint density at radius 1 is 1.19 bits per heavy atom. The first-order chi connectivity index (χ1) is 12.4. The summed E-state index contributed by atoms with van der Waals surface area (Å²) in [7, 11) is 1.62. The SMILES string of the molecule is Cc1nc2ccccc2n1-c1cccc([C@]2(C)CC(=O)N(C)C(=N)N2)c1. The number of nitrogens with zero attached hydrogens (tertiary/aromatic N) is 3.